The van der Waals surface area contributed by atoms with Crippen molar-refractivity contribution in [2.24, 2.45) is 5.73 Å². The molecule has 0 heterocycles. The Labute approximate surface area is 95.2 Å². The van der Waals surface area contributed by atoms with Crippen molar-refractivity contribution >= 4 is 15.9 Å². The van der Waals surface area contributed by atoms with Gasteiger partial charge in [0.15, 0.2) is 11.6 Å². The van der Waals surface area contributed by atoms with Crippen LogP contribution in [0.2, 0.25) is 0 Å². The van der Waals surface area contributed by atoms with Gasteiger partial charge in [-0.15, -0.1) is 0 Å². The van der Waals surface area contributed by atoms with Crippen molar-refractivity contribution < 1.29 is 13.9 Å². The van der Waals surface area contributed by atoms with Crippen LogP contribution in [0.4, 0.5) is 8.78 Å². The highest BCUT2D eigenvalue weighted by molar-refractivity contribution is 9.10. The van der Waals surface area contributed by atoms with E-state index >= 15 is 0 Å². The molecule has 1 aromatic carbocycles. The Hall–Kier alpha value is -0.680. The Balaban J connectivity index is 3.26. The summed E-state index contributed by atoms with van der Waals surface area (Å²) in [7, 11) is 0. The minimum Gasteiger partial charge on any atom is -0.506 e. The van der Waals surface area contributed by atoms with E-state index in [1.54, 1.807) is 0 Å². The zero-order valence-electron chi connectivity index (χ0n) is 8.23. The van der Waals surface area contributed by atoms with E-state index in [0.29, 0.717) is 6.42 Å². The van der Waals surface area contributed by atoms with Crippen molar-refractivity contribution in [3.05, 3.63) is 27.7 Å². The predicted molar refractivity (Wildman–Crippen MR) is 57.6 cm³/mol. The summed E-state index contributed by atoms with van der Waals surface area (Å²) in [6.07, 6.45) is 1.22. The van der Waals surface area contributed by atoms with Crippen LogP contribution in [0, 0.1) is 11.6 Å². The fourth-order valence-electron chi connectivity index (χ4n) is 1.40. The van der Waals surface area contributed by atoms with E-state index in [-0.39, 0.29) is 15.8 Å². The molecule has 0 aliphatic heterocycles. The number of benzene rings is 1. The first kappa shape index (κ1) is 12.4. The highest BCUT2D eigenvalue weighted by atomic mass is 79.9. The van der Waals surface area contributed by atoms with Crippen LogP contribution in [0.3, 0.4) is 0 Å². The molecule has 84 valence electrons. The first-order chi connectivity index (χ1) is 6.99. The summed E-state index contributed by atoms with van der Waals surface area (Å²) in [5, 5.41) is 9.57. The van der Waals surface area contributed by atoms with Gasteiger partial charge in [-0.2, -0.15) is 0 Å². The van der Waals surface area contributed by atoms with Gasteiger partial charge in [0.05, 0.1) is 10.0 Å². The minimum absolute atomic E-state index is 0.114. The van der Waals surface area contributed by atoms with E-state index in [1.807, 2.05) is 6.92 Å². The number of aromatic hydroxyl groups is 1. The van der Waals surface area contributed by atoms with Gasteiger partial charge >= 0.3 is 0 Å². The van der Waals surface area contributed by atoms with E-state index in [9.17, 15) is 13.9 Å². The number of nitrogens with two attached hydrogens (primary N) is 1. The molecule has 3 N–H and O–H groups in total. The van der Waals surface area contributed by atoms with Crippen LogP contribution in [-0.4, -0.2) is 5.11 Å². The third kappa shape index (κ3) is 2.46. The number of hydrogen-bond donors (Lipinski definition) is 2. The van der Waals surface area contributed by atoms with Gasteiger partial charge in [-0.1, -0.05) is 13.3 Å². The summed E-state index contributed by atoms with van der Waals surface area (Å²) in [6, 6.07) is 0.189. The Morgan fingerprint density at radius 3 is 2.67 bits per heavy atom. The van der Waals surface area contributed by atoms with Crippen LogP contribution in [0.1, 0.15) is 31.4 Å². The summed E-state index contributed by atoms with van der Waals surface area (Å²) < 4.78 is 26.5. The van der Waals surface area contributed by atoms with Gasteiger partial charge < -0.3 is 10.8 Å². The number of phenolic OH excluding ortho intramolecular Hbond substituents is 1. The molecule has 2 nitrogen and oxygen atoms in total. The summed E-state index contributed by atoms with van der Waals surface area (Å²) in [5.74, 6) is -2.41. The zero-order chi connectivity index (χ0) is 11.6. The van der Waals surface area contributed by atoms with Crippen LogP contribution >= 0.6 is 15.9 Å². The van der Waals surface area contributed by atoms with Crippen molar-refractivity contribution in [1.29, 1.82) is 0 Å². The van der Waals surface area contributed by atoms with Crippen molar-refractivity contribution in [3.63, 3.8) is 0 Å². The summed E-state index contributed by atoms with van der Waals surface area (Å²) in [4.78, 5) is 0. The summed E-state index contributed by atoms with van der Waals surface area (Å²) >= 11 is 2.94. The predicted octanol–water partition coefficient (Wildman–Crippen LogP) is 3.23. The minimum atomic E-state index is -1.07. The van der Waals surface area contributed by atoms with Gasteiger partial charge in [-0.25, -0.2) is 8.78 Å². The van der Waals surface area contributed by atoms with Crippen molar-refractivity contribution in [2.45, 2.75) is 25.8 Å². The lowest BCUT2D eigenvalue weighted by atomic mass is 10.0. The maximum absolute atomic E-state index is 13.4. The zero-order valence-corrected chi connectivity index (χ0v) is 9.81. The first-order valence-electron chi connectivity index (χ1n) is 4.61. The molecule has 0 saturated heterocycles. The quantitative estimate of drug-likeness (QED) is 0.835. The molecule has 1 aromatic rings. The number of hydrogen-bond acceptors (Lipinski definition) is 2. The summed E-state index contributed by atoms with van der Waals surface area (Å²) in [5.41, 5.74) is 5.49. The fourth-order valence-corrected chi connectivity index (χ4v) is 1.81. The topological polar surface area (TPSA) is 46.2 Å². The lowest BCUT2D eigenvalue weighted by Crippen LogP contribution is -2.13. The molecule has 0 fully saturated rings. The van der Waals surface area contributed by atoms with Crippen LogP contribution in [0.25, 0.3) is 0 Å². The third-order valence-electron chi connectivity index (χ3n) is 2.15. The lowest BCUT2D eigenvalue weighted by Gasteiger charge is -2.15. The molecule has 0 amide bonds. The second-order valence-electron chi connectivity index (χ2n) is 3.31. The van der Waals surface area contributed by atoms with Gasteiger partial charge in [-0.3, -0.25) is 0 Å². The molecule has 0 radical (unpaired) electrons. The average molecular weight is 280 g/mol. The molecule has 0 aliphatic rings. The Kier molecular flexibility index (Phi) is 4.04. The molecule has 0 aliphatic carbocycles. The van der Waals surface area contributed by atoms with E-state index < -0.39 is 17.7 Å². The molecule has 1 atom stereocenters. The first-order valence-corrected chi connectivity index (χ1v) is 5.40. The van der Waals surface area contributed by atoms with E-state index in [4.69, 9.17) is 5.73 Å². The number of phenols is 1. The van der Waals surface area contributed by atoms with Crippen molar-refractivity contribution in [2.75, 3.05) is 0 Å². The van der Waals surface area contributed by atoms with Gasteiger partial charge in [0, 0.05) is 6.04 Å². The maximum atomic E-state index is 13.4. The van der Waals surface area contributed by atoms with Gasteiger partial charge in [-0.05, 0) is 28.4 Å². The third-order valence-corrected chi connectivity index (χ3v) is 2.76. The van der Waals surface area contributed by atoms with Crippen LogP contribution in [-0.2, 0) is 0 Å². The molecule has 0 aromatic heterocycles. The molecule has 15 heavy (non-hydrogen) atoms. The number of rotatable bonds is 3. The summed E-state index contributed by atoms with van der Waals surface area (Å²) in [6.45, 7) is 1.88. The van der Waals surface area contributed by atoms with Crippen molar-refractivity contribution in [1.82, 2.24) is 0 Å². The highest BCUT2D eigenvalue weighted by Crippen LogP contribution is 2.36. The SMILES string of the molecule is CCC[C@@H](N)c1c(O)c(Br)cc(F)c1F. The molecule has 0 spiro atoms. The van der Waals surface area contributed by atoms with Crippen LogP contribution in [0.5, 0.6) is 5.75 Å². The molecule has 0 saturated carbocycles. The molecule has 5 heteroatoms. The standard InChI is InChI=1S/C10H12BrF2NO/c1-2-3-7(14)8-9(13)6(12)4-5(11)10(8)15/h4,7,15H,2-3,14H2,1H3/t7-/m1/s1. The second kappa shape index (κ2) is 4.90. The fraction of sp³-hybridized carbons (Fsp3) is 0.400. The second-order valence-corrected chi connectivity index (χ2v) is 4.17. The molecular weight excluding hydrogens is 268 g/mol. The van der Waals surface area contributed by atoms with Crippen LogP contribution in [0.15, 0.2) is 10.5 Å². The van der Waals surface area contributed by atoms with Gasteiger partial charge in [0.1, 0.15) is 5.75 Å². The molecule has 0 unspecified atom stereocenters. The normalized spacial score (nSPS) is 12.9. The lowest BCUT2D eigenvalue weighted by molar-refractivity contribution is 0.423. The highest BCUT2D eigenvalue weighted by Gasteiger charge is 2.21. The average Bonchev–Trinajstić information content (AvgIpc) is 2.16. The van der Waals surface area contributed by atoms with Crippen molar-refractivity contribution in [3.8, 4) is 5.75 Å². The number of halogens is 3. The maximum Gasteiger partial charge on any atom is 0.167 e. The molecule has 1 rings (SSSR count). The largest absolute Gasteiger partial charge is 0.506 e. The Bertz CT molecular complexity index is 345. The van der Waals surface area contributed by atoms with E-state index in [2.05, 4.69) is 15.9 Å². The van der Waals surface area contributed by atoms with E-state index in [1.165, 1.54) is 0 Å². The van der Waals surface area contributed by atoms with Gasteiger partial charge in [0.25, 0.3) is 0 Å². The van der Waals surface area contributed by atoms with Gasteiger partial charge in [0.2, 0.25) is 0 Å². The smallest absolute Gasteiger partial charge is 0.167 e. The Morgan fingerprint density at radius 1 is 1.53 bits per heavy atom. The van der Waals surface area contributed by atoms with E-state index in [0.717, 1.165) is 12.5 Å². The monoisotopic (exact) mass is 279 g/mol. The Morgan fingerprint density at radius 2 is 2.13 bits per heavy atom. The van der Waals surface area contributed by atoms with Crippen LogP contribution < -0.4 is 5.73 Å². The molecule has 0 bridgehead atoms. The molecular formula is C10H12BrF2NO.